The van der Waals surface area contributed by atoms with Gasteiger partial charge >= 0.3 is 0 Å². The van der Waals surface area contributed by atoms with Gasteiger partial charge in [-0.1, -0.05) is 18.2 Å². The first-order valence-electron chi connectivity index (χ1n) is 10.2. The standard InChI is InChI=1S/C23H22N6O/c24-21(19-14-27-22-18(28-19)8-5-11-26-22)20-9-3-4-13-29(20)23(30)16-10-12-25-17-7-2-1-6-15(16)17/h1-2,5-8,10-12,14,20-21H,3-4,9,13,24H2/t20-,21?/m0/s1. The second-order valence-corrected chi connectivity index (χ2v) is 7.60. The lowest BCUT2D eigenvalue weighted by Gasteiger charge is -2.39. The van der Waals surface area contributed by atoms with Gasteiger partial charge in [0.05, 0.1) is 35.1 Å². The van der Waals surface area contributed by atoms with Gasteiger partial charge in [0.15, 0.2) is 5.65 Å². The zero-order chi connectivity index (χ0) is 20.5. The van der Waals surface area contributed by atoms with E-state index in [1.807, 2.05) is 41.3 Å². The molecule has 7 nitrogen and oxygen atoms in total. The van der Waals surface area contributed by atoms with Gasteiger partial charge in [0.1, 0.15) is 5.52 Å². The van der Waals surface area contributed by atoms with Gasteiger partial charge in [-0.05, 0) is 43.5 Å². The Morgan fingerprint density at radius 2 is 1.87 bits per heavy atom. The van der Waals surface area contributed by atoms with Gasteiger partial charge in [-0.2, -0.15) is 0 Å². The molecule has 1 aliphatic rings. The Kier molecular flexibility index (Phi) is 4.80. The Labute approximate surface area is 174 Å². The van der Waals surface area contributed by atoms with Gasteiger partial charge in [0.2, 0.25) is 0 Å². The van der Waals surface area contributed by atoms with Crippen LogP contribution in [0.25, 0.3) is 22.1 Å². The van der Waals surface area contributed by atoms with E-state index in [1.165, 1.54) is 0 Å². The normalized spacial score (nSPS) is 17.9. The number of para-hydroxylation sites is 1. The van der Waals surface area contributed by atoms with E-state index in [1.54, 1.807) is 24.7 Å². The molecule has 1 saturated heterocycles. The summed E-state index contributed by atoms with van der Waals surface area (Å²) in [6.45, 7) is 0.677. The third-order valence-electron chi connectivity index (χ3n) is 5.78. The third-order valence-corrected chi connectivity index (χ3v) is 5.78. The first-order valence-corrected chi connectivity index (χ1v) is 10.2. The van der Waals surface area contributed by atoms with E-state index in [0.29, 0.717) is 29.0 Å². The molecule has 2 N–H and O–H groups in total. The van der Waals surface area contributed by atoms with Crippen molar-refractivity contribution in [2.75, 3.05) is 6.54 Å². The van der Waals surface area contributed by atoms with Crippen molar-refractivity contribution in [2.45, 2.75) is 31.3 Å². The molecule has 0 saturated carbocycles. The highest BCUT2D eigenvalue weighted by Gasteiger charge is 2.34. The molecule has 5 rings (SSSR count). The smallest absolute Gasteiger partial charge is 0.254 e. The molecule has 1 amide bonds. The molecule has 3 aromatic heterocycles. The minimum atomic E-state index is -0.417. The molecule has 0 bridgehead atoms. The summed E-state index contributed by atoms with van der Waals surface area (Å²) in [6.07, 6.45) is 7.89. The number of hydrogen-bond donors (Lipinski definition) is 1. The highest BCUT2D eigenvalue weighted by Crippen LogP contribution is 2.29. The fraction of sp³-hybridized carbons (Fsp3) is 0.261. The molecule has 0 spiro atoms. The van der Waals surface area contributed by atoms with Gasteiger partial charge in [0.25, 0.3) is 5.91 Å². The fourth-order valence-corrected chi connectivity index (χ4v) is 4.25. The summed E-state index contributed by atoms with van der Waals surface area (Å²) in [5.74, 6) is -0.0100. The van der Waals surface area contributed by atoms with Crippen molar-refractivity contribution < 1.29 is 4.79 Å². The molecule has 1 fully saturated rings. The number of nitrogens with zero attached hydrogens (tertiary/aromatic N) is 5. The van der Waals surface area contributed by atoms with Crippen molar-refractivity contribution in [1.29, 1.82) is 0 Å². The Balaban J connectivity index is 1.49. The van der Waals surface area contributed by atoms with E-state index < -0.39 is 6.04 Å². The molecular formula is C23H22N6O. The summed E-state index contributed by atoms with van der Waals surface area (Å²) < 4.78 is 0. The number of rotatable bonds is 3. The quantitative estimate of drug-likeness (QED) is 0.569. The van der Waals surface area contributed by atoms with Crippen molar-refractivity contribution in [3.8, 4) is 0 Å². The second-order valence-electron chi connectivity index (χ2n) is 7.60. The Hall–Kier alpha value is -3.45. The van der Waals surface area contributed by atoms with E-state index in [9.17, 15) is 4.79 Å². The van der Waals surface area contributed by atoms with Crippen LogP contribution in [0.1, 0.15) is 41.4 Å². The van der Waals surface area contributed by atoms with Gasteiger partial charge in [-0.25, -0.2) is 15.0 Å². The lowest BCUT2D eigenvalue weighted by molar-refractivity contribution is 0.0574. The number of carbonyl (C=O) groups is 1. The number of fused-ring (bicyclic) bond motifs is 2. The highest BCUT2D eigenvalue weighted by atomic mass is 16.2. The number of hydrogen-bond acceptors (Lipinski definition) is 6. The van der Waals surface area contributed by atoms with Crippen LogP contribution in [0.3, 0.4) is 0 Å². The van der Waals surface area contributed by atoms with Gasteiger partial charge < -0.3 is 10.6 Å². The number of amides is 1. The lowest BCUT2D eigenvalue weighted by atomic mass is 9.93. The molecule has 1 aromatic carbocycles. The van der Waals surface area contributed by atoms with E-state index in [2.05, 4.69) is 19.9 Å². The van der Waals surface area contributed by atoms with Crippen molar-refractivity contribution in [1.82, 2.24) is 24.8 Å². The minimum Gasteiger partial charge on any atom is -0.334 e. The van der Waals surface area contributed by atoms with Gasteiger partial charge in [0, 0.05) is 24.3 Å². The molecule has 30 heavy (non-hydrogen) atoms. The Bertz CT molecular complexity index is 1220. The number of nitrogens with two attached hydrogens (primary N) is 1. The van der Waals surface area contributed by atoms with E-state index in [0.717, 1.165) is 30.2 Å². The second kappa shape index (κ2) is 7.76. The molecule has 1 unspecified atom stereocenters. The van der Waals surface area contributed by atoms with Crippen LogP contribution in [0.15, 0.2) is 61.1 Å². The minimum absolute atomic E-state index is 0.0100. The van der Waals surface area contributed by atoms with Gasteiger partial charge in [-0.3, -0.25) is 9.78 Å². The summed E-state index contributed by atoms with van der Waals surface area (Å²) in [6, 6.07) is 12.7. The predicted octanol–water partition coefficient (Wildman–Crippen LogP) is 3.27. The average molecular weight is 398 g/mol. The van der Waals surface area contributed by atoms with E-state index in [4.69, 9.17) is 5.73 Å². The van der Waals surface area contributed by atoms with Crippen LogP contribution < -0.4 is 5.73 Å². The zero-order valence-corrected chi connectivity index (χ0v) is 16.5. The maximum absolute atomic E-state index is 13.6. The molecule has 150 valence electrons. The van der Waals surface area contributed by atoms with Crippen LogP contribution in [0.2, 0.25) is 0 Å². The van der Waals surface area contributed by atoms with Crippen molar-refractivity contribution in [2.24, 2.45) is 5.73 Å². The lowest BCUT2D eigenvalue weighted by Crippen LogP contribution is -2.49. The number of carbonyl (C=O) groups excluding carboxylic acids is 1. The van der Waals surface area contributed by atoms with Crippen LogP contribution in [-0.2, 0) is 0 Å². The topological polar surface area (TPSA) is 97.9 Å². The Morgan fingerprint density at radius 3 is 2.80 bits per heavy atom. The van der Waals surface area contributed by atoms with E-state index >= 15 is 0 Å². The molecular weight excluding hydrogens is 376 g/mol. The van der Waals surface area contributed by atoms with Crippen LogP contribution in [0, 0.1) is 0 Å². The first kappa shape index (κ1) is 18.6. The molecule has 0 radical (unpaired) electrons. The monoisotopic (exact) mass is 398 g/mol. The van der Waals surface area contributed by atoms with Crippen LogP contribution >= 0.6 is 0 Å². The largest absolute Gasteiger partial charge is 0.334 e. The molecule has 7 heteroatoms. The van der Waals surface area contributed by atoms with Gasteiger partial charge in [-0.15, -0.1) is 0 Å². The summed E-state index contributed by atoms with van der Waals surface area (Å²) in [7, 11) is 0. The maximum Gasteiger partial charge on any atom is 0.254 e. The van der Waals surface area contributed by atoms with E-state index in [-0.39, 0.29) is 11.9 Å². The zero-order valence-electron chi connectivity index (χ0n) is 16.5. The van der Waals surface area contributed by atoms with Crippen molar-refractivity contribution >= 4 is 28.0 Å². The van der Waals surface area contributed by atoms with Crippen LogP contribution in [0.4, 0.5) is 0 Å². The summed E-state index contributed by atoms with van der Waals surface area (Å²) in [4.78, 5) is 33.1. The average Bonchev–Trinajstić information content (AvgIpc) is 2.82. The summed E-state index contributed by atoms with van der Waals surface area (Å²) in [5, 5.41) is 0.861. The van der Waals surface area contributed by atoms with Crippen molar-refractivity contribution in [3.05, 3.63) is 72.3 Å². The SMILES string of the molecule is NC(c1cnc2ncccc2n1)[C@@H]1CCCCN1C(=O)c1ccnc2ccccc12. The number of piperidine rings is 1. The summed E-state index contributed by atoms with van der Waals surface area (Å²) >= 11 is 0. The molecule has 2 atom stereocenters. The number of likely N-dealkylation sites (tertiary alicyclic amines) is 1. The first-order chi connectivity index (χ1) is 14.7. The molecule has 4 aromatic rings. The number of aromatic nitrogens is 4. The Morgan fingerprint density at radius 1 is 1.00 bits per heavy atom. The molecule has 4 heterocycles. The summed E-state index contributed by atoms with van der Waals surface area (Å²) in [5.41, 5.74) is 10.1. The number of benzene rings is 1. The predicted molar refractivity (Wildman–Crippen MR) is 115 cm³/mol. The maximum atomic E-state index is 13.6. The number of pyridine rings is 2. The molecule has 0 aliphatic carbocycles. The fourth-order valence-electron chi connectivity index (χ4n) is 4.25. The third kappa shape index (κ3) is 3.27. The van der Waals surface area contributed by atoms with Crippen molar-refractivity contribution in [3.63, 3.8) is 0 Å². The van der Waals surface area contributed by atoms with Crippen LogP contribution in [-0.4, -0.2) is 43.3 Å². The van der Waals surface area contributed by atoms with Crippen LogP contribution in [0.5, 0.6) is 0 Å². The highest BCUT2D eigenvalue weighted by molar-refractivity contribution is 6.06. The molecule has 1 aliphatic heterocycles.